The summed E-state index contributed by atoms with van der Waals surface area (Å²) in [6, 6.07) is 0. The first-order valence-electron chi connectivity index (χ1n) is 3.86. The van der Waals surface area contributed by atoms with Crippen molar-refractivity contribution in [2.24, 2.45) is 0 Å². The summed E-state index contributed by atoms with van der Waals surface area (Å²) in [6.45, 7) is 3.34. The minimum atomic E-state index is 0.424. The quantitative estimate of drug-likeness (QED) is 0.426. The second-order valence-corrected chi connectivity index (χ2v) is 2.63. The average molecular weight is 142 g/mol. The molecule has 0 aromatic carbocycles. The van der Waals surface area contributed by atoms with Crippen molar-refractivity contribution < 1.29 is 4.58 Å². The number of nitrogens with zero attached hydrogens (tertiary/aromatic N) is 1. The molecule has 1 rings (SSSR count). The first-order chi connectivity index (χ1) is 4.84. The molecule has 1 atom stereocenters. The topological polar surface area (TPSA) is 27.1 Å². The Labute approximate surface area is 62.1 Å². The van der Waals surface area contributed by atoms with E-state index in [2.05, 4.69) is 28.6 Å². The molecule has 0 amide bonds. The summed E-state index contributed by atoms with van der Waals surface area (Å²) < 4.78 is 2.32. The van der Waals surface area contributed by atoms with Crippen LogP contribution in [0.15, 0.2) is 0 Å². The van der Waals surface area contributed by atoms with Crippen molar-refractivity contribution in [1.29, 1.82) is 0 Å². The highest BCUT2D eigenvalue weighted by Gasteiger charge is 2.16. The van der Waals surface area contributed by atoms with Crippen LogP contribution in [-0.2, 0) is 0 Å². The molecule has 2 N–H and O–H groups in total. The zero-order valence-corrected chi connectivity index (χ0v) is 6.72. The lowest BCUT2D eigenvalue weighted by atomic mass is 10.4. The van der Waals surface area contributed by atoms with Gasteiger partial charge in [0, 0.05) is 19.8 Å². The maximum Gasteiger partial charge on any atom is 0.215 e. The van der Waals surface area contributed by atoms with Crippen LogP contribution in [0.5, 0.6) is 0 Å². The van der Waals surface area contributed by atoms with Gasteiger partial charge in [0.2, 0.25) is 6.17 Å². The molecule has 1 aliphatic heterocycles. The van der Waals surface area contributed by atoms with Gasteiger partial charge in [0.15, 0.2) is 0 Å². The maximum atomic E-state index is 3.13. The van der Waals surface area contributed by atoms with E-state index in [1.807, 2.05) is 7.05 Å². The van der Waals surface area contributed by atoms with Crippen LogP contribution in [0.3, 0.4) is 0 Å². The third-order valence-corrected chi connectivity index (χ3v) is 1.83. The summed E-state index contributed by atoms with van der Waals surface area (Å²) in [5.41, 5.74) is 6.06. The molecule has 0 saturated heterocycles. The van der Waals surface area contributed by atoms with Gasteiger partial charge in [-0.1, -0.05) is 0 Å². The lowest BCUT2D eigenvalue weighted by molar-refractivity contribution is -0.559. The normalized spacial score (nSPS) is 20.8. The molecule has 0 aliphatic carbocycles. The summed E-state index contributed by atoms with van der Waals surface area (Å²) in [4.78, 5) is 0. The number of hydrogen-bond donors (Lipinski definition) is 2. The fraction of sp³-hybridized carbons (Fsp3) is 0.857. The lowest BCUT2D eigenvalue weighted by Crippen LogP contribution is -2.43. The van der Waals surface area contributed by atoms with Crippen LogP contribution >= 0.6 is 0 Å². The molecule has 10 heavy (non-hydrogen) atoms. The van der Waals surface area contributed by atoms with Gasteiger partial charge < -0.3 is 0 Å². The number of hydrazine groups is 1. The van der Waals surface area contributed by atoms with Gasteiger partial charge in [-0.15, -0.1) is 0 Å². The van der Waals surface area contributed by atoms with E-state index in [0.717, 1.165) is 0 Å². The van der Waals surface area contributed by atoms with E-state index in [-0.39, 0.29) is 0 Å². The smallest absolute Gasteiger partial charge is 0.215 e. The van der Waals surface area contributed by atoms with Crippen molar-refractivity contribution in [1.82, 2.24) is 10.9 Å². The zero-order valence-electron chi connectivity index (χ0n) is 6.72. The Bertz CT molecular complexity index is 131. The van der Waals surface area contributed by atoms with Gasteiger partial charge in [-0.3, -0.25) is 5.43 Å². The maximum absolute atomic E-state index is 3.13. The van der Waals surface area contributed by atoms with Crippen molar-refractivity contribution in [3.63, 3.8) is 0 Å². The monoisotopic (exact) mass is 142 g/mol. The minimum Gasteiger partial charge on any atom is -0.256 e. The highest BCUT2D eigenvalue weighted by molar-refractivity contribution is 5.52. The highest BCUT2D eigenvalue weighted by Crippen LogP contribution is 1.98. The summed E-state index contributed by atoms with van der Waals surface area (Å²) in [7, 11) is 1.90. The molecule has 3 heteroatoms. The van der Waals surface area contributed by atoms with Crippen LogP contribution in [0.25, 0.3) is 0 Å². The Kier molecular flexibility index (Phi) is 2.83. The molecule has 0 bridgehead atoms. The summed E-state index contributed by atoms with van der Waals surface area (Å²) in [5, 5.41) is 0. The number of rotatable bonds is 3. The Morgan fingerprint density at radius 1 is 1.60 bits per heavy atom. The van der Waals surface area contributed by atoms with E-state index in [9.17, 15) is 0 Å². The standard InChI is InChI=1S/C7H16N3/c1-7(9-8-2)10-5-3-4-6-10/h5,7-9H,3-4,6H2,1-2H3/q+1/t7-/m1/s1. The van der Waals surface area contributed by atoms with Crippen molar-refractivity contribution in [3.8, 4) is 0 Å². The predicted molar refractivity (Wildman–Crippen MR) is 42.1 cm³/mol. The van der Waals surface area contributed by atoms with E-state index in [4.69, 9.17) is 0 Å². The molecule has 0 saturated carbocycles. The highest BCUT2D eigenvalue weighted by atomic mass is 15.4. The van der Waals surface area contributed by atoms with Crippen LogP contribution in [0, 0.1) is 0 Å². The number of nitrogens with one attached hydrogen (secondary N) is 2. The summed E-state index contributed by atoms with van der Waals surface area (Å²) in [5.74, 6) is 0. The van der Waals surface area contributed by atoms with E-state index >= 15 is 0 Å². The van der Waals surface area contributed by atoms with Gasteiger partial charge in [-0.2, -0.15) is 5.43 Å². The summed E-state index contributed by atoms with van der Waals surface area (Å²) in [6.07, 6.45) is 5.22. The van der Waals surface area contributed by atoms with Gasteiger partial charge in [0.05, 0.1) is 0 Å². The zero-order chi connectivity index (χ0) is 7.40. The molecule has 1 heterocycles. The van der Waals surface area contributed by atoms with Crippen LogP contribution in [-0.4, -0.2) is 30.5 Å². The van der Waals surface area contributed by atoms with Gasteiger partial charge in [0.25, 0.3) is 0 Å². The second kappa shape index (κ2) is 3.68. The molecule has 0 aromatic rings. The fourth-order valence-electron chi connectivity index (χ4n) is 1.27. The Hall–Kier alpha value is -0.410. The van der Waals surface area contributed by atoms with Crippen LogP contribution < -0.4 is 10.9 Å². The first kappa shape index (κ1) is 7.69. The van der Waals surface area contributed by atoms with E-state index in [1.165, 1.54) is 19.4 Å². The minimum absolute atomic E-state index is 0.424. The number of hydrogen-bond acceptors (Lipinski definition) is 2. The molecule has 0 aromatic heterocycles. The van der Waals surface area contributed by atoms with E-state index in [1.54, 1.807) is 0 Å². The fourth-order valence-corrected chi connectivity index (χ4v) is 1.27. The second-order valence-electron chi connectivity index (χ2n) is 2.63. The van der Waals surface area contributed by atoms with Crippen molar-refractivity contribution in [2.45, 2.75) is 25.9 Å². The van der Waals surface area contributed by atoms with Crippen molar-refractivity contribution in [2.75, 3.05) is 13.6 Å². The van der Waals surface area contributed by atoms with Crippen LogP contribution in [0.4, 0.5) is 0 Å². The molecule has 58 valence electrons. The van der Waals surface area contributed by atoms with Gasteiger partial charge in [-0.05, 0) is 7.05 Å². The SMILES string of the molecule is CNN[C@@H](C)[N+]1=CCCC1. The Morgan fingerprint density at radius 2 is 2.40 bits per heavy atom. The van der Waals surface area contributed by atoms with Gasteiger partial charge in [0.1, 0.15) is 12.8 Å². The molecule has 0 radical (unpaired) electrons. The van der Waals surface area contributed by atoms with Gasteiger partial charge in [-0.25, -0.2) is 4.58 Å². The third-order valence-electron chi connectivity index (χ3n) is 1.83. The summed E-state index contributed by atoms with van der Waals surface area (Å²) >= 11 is 0. The van der Waals surface area contributed by atoms with Crippen LogP contribution in [0.2, 0.25) is 0 Å². The Morgan fingerprint density at radius 3 is 2.90 bits per heavy atom. The molecule has 3 nitrogen and oxygen atoms in total. The molecular formula is C7H16N3+. The molecule has 0 unspecified atom stereocenters. The molecular weight excluding hydrogens is 126 g/mol. The third kappa shape index (κ3) is 1.78. The van der Waals surface area contributed by atoms with Gasteiger partial charge >= 0.3 is 0 Å². The van der Waals surface area contributed by atoms with Crippen LogP contribution in [0.1, 0.15) is 19.8 Å². The molecule has 1 aliphatic rings. The Balaban J connectivity index is 2.32. The predicted octanol–water partition coefficient (Wildman–Crippen LogP) is -0.0665. The largest absolute Gasteiger partial charge is 0.256 e. The molecule has 0 spiro atoms. The average Bonchev–Trinajstić information content (AvgIpc) is 2.38. The molecule has 0 fully saturated rings. The van der Waals surface area contributed by atoms with Crippen molar-refractivity contribution in [3.05, 3.63) is 0 Å². The lowest BCUT2D eigenvalue weighted by Gasteiger charge is -2.08. The van der Waals surface area contributed by atoms with E-state index < -0.39 is 0 Å². The van der Waals surface area contributed by atoms with Crippen molar-refractivity contribution >= 4 is 6.21 Å². The van der Waals surface area contributed by atoms with E-state index in [0.29, 0.717) is 6.17 Å². The first-order valence-corrected chi connectivity index (χ1v) is 3.86.